The Bertz CT molecular complexity index is 3450. The molecule has 0 radical (unpaired) electrons. The zero-order valence-corrected chi connectivity index (χ0v) is 30.3. The first kappa shape index (κ1) is 28.6. The van der Waals surface area contributed by atoms with Crippen LogP contribution >= 0.6 is 34.0 Å². The molecule has 0 unspecified atom stereocenters. The topological polar surface area (TPSA) is 26.3 Å². The molecule has 0 saturated heterocycles. The van der Waals surface area contributed by atoms with Crippen molar-refractivity contribution < 1.29 is 8.83 Å². The molecule has 13 aromatic rings. The predicted molar refractivity (Wildman–Crippen MR) is 231 cm³/mol. The third kappa shape index (κ3) is 3.76. The van der Waals surface area contributed by atoms with Gasteiger partial charge in [0, 0.05) is 94.6 Å². The first-order valence-electron chi connectivity index (χ1n) is 17.7. The van der Waals surface area contributed by atoms with Crippen LogP contribution in [0.1, 0.15) is 0 Å². The Hall–Kier alpha value is -5.98. The van der Waals surface area contributed by atoms with E-state index in [0.717, 1.165) is 33.1 Å². The van der Waals surface area contributed by atoms with Gasteiger partial charge >= 0.3 is 0 Å². The minimum atomic E-state index is 0.919. The van der Waals surface area contributed by atoms with Crippen LogP contribution in [-0.4, -0.2) is 0 Å². The van der Waals surface area contributed by atoms with Crippen LogP contribution in [0.3, 0.4) is 0 Å². The summed E-state index contributed by atoms with van der Waals surface area (Å²) >= 11 is 5.55. The van der Waals surface area contributed by atoms with Gasteiger partial charge in [0.2, 0.25) is 0 Å². The SMILES string of the molecule is c1ccc2c(c1)oc1ccc3c4sc5c(cc(-c6csc7ccccc67)c6c5ccc5oc7ccccc7c56)c4cc(-c4csc5ccccc45)c3c12. The summed E-state index contributed by atoms with van der Waals surface area (Å²) in [5, 5.41) is 19.6. The lowest BCUT2D eigenvalue weighted by molar-refractivity contribution is 0.669. The van der Waals surface area contributed by atoms with Crippen LogP contribution in [0, 0.1) is 0 Å². The first-order valence-corrected chi connectivity index (χ1v) is 20.3. The van der Waals surface area contributed by atoms with E-state index in [0.29, 0.717) is 0 Å². The second-order valence-corrected chi connectivity index (χ2v) is 16.8. The van der Waals surface area contributed by atoms with E-state index in [1.807, 2.05) is 34.0 Å². The number of hydrogen-bond donors (Lipinski definition) is 0. The van der Waals surface area contributed by atoms with Gasteiger partial charge in [-0.15, -0.1) is 34.0 Å². The molecule has 8 aromatic carbocycles. The first-order chi connectivity index (χ1) is 26.3. The monoisotopic (exact) mass is 728 g/mol. The number of hydrogen-bond acceptors (Lipinski definition) is 5. The summed E-state index contributed by atoms with van der Waals surface area (Å²) in [6, 6.07) is 48.5. The standard InChI is InChI=1S/C48H24O2S3/c1-5-13-37-27(11-1)45-39(49-37)19-17-29-43(45)31(35-23-51-41-15-7-3-9-25(35)41)21-33-34-22-32(36-24-52-42-16-8-4-10-26(36)42)44-30(48(34)53-47(29)33)18-20-40-46(44)28-12-2-6-14-38(28)50-40/h1-24H. The molecule has 5 heteroatoms. The largest absolute Gasteiger partial charge is 0.456 e. The van der Waals surface area contributed by atoms with Crippen molar-refractivity contribution in [2.24, 2.45) is 0 Å². The molecule has 0 aliphatic carbocycles. The summed E-state index contributed by atoms with van der Waals surface area (Å²) in [6.45, 7) is 0. The van der Waals surface area contributed by atoms with Crippen LogP contribution in [0.2, 0.25) is 0 Å². The fourth-order valence-corrected chi connectivity index (χ4v) is 12.2. The van der Waals surface area contributed by atoms with Crippen LogP contribution in [0.15, 0.2) is 153 Å². The van der Waals surface area contributed by atoms with Crippen molar-refractivity contribution in [3.05, 3.63) is 144 Å². The van der Waals surface area contributed by atoms with E-state index in [4.69, 9.17) is 8.83 Å². The maximum absolute atomic E-state index is 6.51. The van der Waals surface area contributed by atoms with Crippen LogP contribution in [0.25, 0.3) is 128 Å². The molecule has 246 valence electrons. The summed E-state index contributed by atoms with van der Waals surface area (Å²) in [6.07, 6.45) is 0. The lowest BCUT2D eigenvalue weighted by atomic mass is 9.90. The van der Waals surface area contributed by atoms with Gasteiger partial charge in [0.05, 0.1) is 0 Å². The molecule has 0 aliphatic rings. The normalized spacial score (nSPS) is 12.5. The van der Waals surface area contributed by atoms with Crippen molar-refractivity contribution in [1.82, 2.24) is 0 Å². The van der Waals surface area contributed by atoms with E-state index in [-0.39, 0.29) is 0 Å². The molecule has 0 amide bonds. The van der Waals surface area contributed by atoms with Gasteiger partial charge in [0.25, 0.3) is 0 Å². The molecule has 0 bridgehead atoms. The second-order valence-electron chi connectivity index (χ2n) is 13.9. The average Bonchev–Trinajstić information content (AvgIpc) is 4.04. The van der Waals surface area contributed by atoms with Gasteiger partial charge in [-0.1, -0.05) is 72.8 Å². The molecule has 53 heavy (non-hydrogen) atoms. The minimum absolute atomic E-state index is 0.919. The smallest absolute Gasteiger partial charge is 0.136 e. The maximum Gasteiger partial charge on any atom is 0.136 e. The minimum Gasteiger partial charge on any atom is -0.456 e. The Morgan fingerprint density at radius 3 is 1.25 bits per heavy atom. The number of benzene rings is 8. The third-order valence-corrected chi connectivity index (χ3v) is 14.4. The lowest BCUT2D eigenvalue weighted by Gasteiger charge is -2.11. The van der Waals surface area contributed by atoms with Crippen molar-refractivity contribution in [1.29, 1.82) is 0 Å². The molecule has 2 nitrogen and oxygen atoms in total. The van der Waals surface area contributed by atoms with Gasteiger partial charge in [-0.25, -0.2) is 0 Å². The maximum atomic E-state index is 6.51. The molecule has 0 atom stereocenters. The third-order valence-electron chi connectivity index (χ3n) is 11.2. The fraction of sp³-hybridized carbons (Fsp3) is 0. The zero-order valence-electron chi connectivity index (χ0n) is 27.9. The molecule has 0 saturated carbocycles. The summed E-state index contributed by atoms with van der Waals surface area (Å²) in [5.74, 6) is 0. The number of rotatable bonds is 2. The predicted octanol–water partition coefficient (Wildman–Crippen LogP) is 15.9. The molecule has 0 fully saturated rings. The van der Waals surface area contributed by atoms with Crippen molar-refractivity contribution in [2.75, 3.05) is 0 Å². The van der Waals surface area contributed by atoms with Gasteiger partial charge < -0.3 is 8.83 Å². The van der Waals surface area contributed by atoms with Crippen molar-refractivity contribution in [2.45, 2.75) is 0 Å². The van der Waals surface area contributed by atoms with Gasteiger partial charge in [-0.2, -0.15) is 0 Å². The molecule has 0 spiro atoms. The molecular formula is C48H24O2S3. The Kier molecular flexibility index (Phi) is 5.57. The zero-order chi connectivity index (χ0) is 34.4. The number of thiophene rings is 3. The van der Waals surface area contributed by atoms with Crippen LogP contribution in [0.5, 0.6) is 0 Å². The number of para-hydroxylation sites is 2. The molecular weight excluding hydrogens is 705 g/mol. The fourth-order valence-electron chi connectivity index (χ4n) is 8.95. The van der Waals surface area contributed by atoms with E-state index >= 15 is 0 Å². The van der Waals surface area contributed by atoms with Crippen LogP contribution in [-0.2, 0) is 0 Å². The molecule has 5 heterocycles. The highest BCUT2D eigenvalue weighted by Crippen LogP contribution is 2.53. The number of furan rings is 2. The van der Waals surface area contributed by atoms with Gasteiger partial charge in [0.15, 0.2) is 0 Å². The molecule has 0 aliphatic heterocycles. The Morgan fingerprint density at radius 1 is 0.321 bits per heavy atom. The Labute approximate surface area is 313 Å². The van der Waals surface area contributed by atoms with Gasteiger partial charge in [-0.3, -0.25) is 0 Å². The average molecular weight is 729 g/mol. The number of fused-ring (bicyclic) bond motifs is 17. The summed E-state index contributed by atoms with van der Waals surface area (Å²) in [5.41, 5.74) is 8.72. The van der Waals surface area contributed by atoms with Crippen LogP contribution in [0.4, 0.5) is 0 Å². The summed E-state index contributed by atoms with van der Waals surface area (Å²) in [7, 11) is 0. The lowest BCUT2D eigenvalue weighted by Crippen LogP contribution is -1.85. The van der Waals surface area contributed by atoms with Gasteiger partial charge in [0.1, 0.15) is 22.3 Å². The summed E-state index contributed by atoms with van der Waals surface area (Å²) in [4.78, 5) is 0. The Morgan fingerprint density at radius 2 is 0.755 bits per heavy atom. The highest BCUT2D eigenvalue weighted by atomic mass is 32.1. The van der Waals surface area contributed by atoms with E-state index in [1.165, 1.54) is 94.9 Å². The van der Waals surface area contributed by atoms with E-state index < -0.39 is 0 Å². The van der Waals surface area contributed by atoms with E-state index in [1.54, 1.807) is 0 Å². The van der Waals surface area contributed by atoms with Crippen molar-refractivity contribution in [3.8, 4) is 22.3 Å². The van der Waals surface area contributed by atoms with E-state index in [2.05, 4.69) is 144 Å². The van der Waals surface area contributed by atoms with E-state index in [9.17, 15) is 0 Å². The quantitative estimate of drug-likeness (QED) is 0.177. The Balaban J connectivity index is 1.27. The molecule has 0 N–H and O–H groups in total. The molecule has 13 rings (SSSR count). The van der Waals surface area contributed by atoms with Crippen molar-refractivity contribution in [3.63, 3.8) is 0 Å². The van der Waals surface area contributed by atoms with Crippen LogP contribution < -0.4 is 0 Å². The highest BCUT2D eigenvalue weighted by Gasteiger charge is 2.24. The van der Waals surface area contributed by atoms with Gasteiger partial charge in [-0.05, 0) is 82.6 Å². The highest BCUT2D eigenvalue weighted by molar-refractivity contribution is 7.27. The second kappa shape index (κ2) is 10.3. The van der Waals surface area contributed by atoms with Crippen molar-refractivity contribution >= 4 is 140 Å². The summed E-state index contributed by atoms with van der Waals surface area (Å²) < 4.78 is 18.2. The molecule has 5 aromatic heterocycles.